The van der Waals surface area contributed by atoms with E-state index in [0.717, 1.165) is 22.2 Å². The van der Waals surface area contributed by atoms with E-state index in [0.29, 0.717) is 32.8 Å². The summed E-state index contributed by atoms with van der Waals surface area (Å²) in [6, 6.07) is 15.6. The zero-order valence-corrected chi connectivity index (χ0v) is 19.1. The van der Waals surface area contributed by atoms with Gasteiger partial charge in [0.25, 0.3) is 11.1 Å². The fourth-order valence-electron chi connectivity index (χ4n) is 3.09. The molecular formula is C23H16Cl2N2O4S. The smallest absolute Gasteiger partial charge is 0.294 e. The first-order valence-electron chi connectivity index (χ1n) is 9.47. The number of hydrogen-bond donors (Lipinski definition) is 1. The predicted octanol–water partition coefficient (Wildman–Crippen LogP) is 6.24. The van der Waals surface area contributed by atoms with Gasteiger partial charge in [-0.3, -0.25) is 19.3 Å². The number of benzene rings is 2. The van der Waals surface area contributed by atoms with Crippen molar-refractivity contribution in [2.75, 3.05) is 11.9 Å². The summed E-state index contributed by atoms with van der Waals surface area (Å²) in [6.45, 7) is 1.52. The zero-order valence-electron chi connectivity index (χ0n) is 16.7. The van der Waals surface area contributed by atoms with Crippen LogP contribution in [-0.4, -0.2) is 28.5 Å². The molecule has 1 fully saturated rings. The van der Waals surface area contributed by atoms with Crippen LogP contribution in [0.25, 0.3) is 17.4 Å². The maximum Gasteiger partial charge on any atom is 0.294 e. The molecule has 6 nitrogen and oxygen atoms in total. The molecular weight excluding hydrogens is 471 g/mol. The van der Waals surface area contributed by atoms with Crippen LogP contribution in [0.5, 0.6) is 0 Å². The Kier molecular flexibility index (Phi) is 6.41. The lowest BCUT2D eigenvalue weighted by atomic mass is 10.2. The maximum absolute atomic E-state index is 12.7. The highest BCUT2D eigenvalue weighted by Gasteiger charge is 2.36. The number of furan rings is 1. The van der Waals surface area contributed by atoms with Crippen LogP contribution in [-0.2, 0) is 9.59 Å². The molecule has 0 spiro atoms. The molecule has 0 unspecified atom stereocenters. The number of anilines is 1. The van der Waals surface area contributed by atoms with E-state index in [1.165, 1.54) is 6.08 Å². The van der Waals surface area contributed by atoms with Crippen molar-refractivity contribution in [2.24, 2.45) is 0 Å². The predicted molar refractivity (Wildman–Crippen MR) is 127 cm³/mol. The second kappa shape index (κ2) is 9.24. The summed E-state index contributed by atoms with van der Waals surface area (Å²) in [5.41, 5.74) is 2.19. The molecule has 1 N–H and O–H groups in total. The van der Waals surface area contributed by atoms with E-state index >= 15 is 0 Å². The highest BCUT2D eigenvalue weighted by Crippen LogP contribution is 2.35. The number of nitrogens with one attached hydrogen (secondary N) is 1. The van der Waals surface area contributed by atoms with Gasteiger partial charge >= 0.3 is 0 Å². The van der Waals surface area contributed by atoms with Crippen molar-refractivity contribution < 1.29 is 18.8 Å². The molecule has 162 valence electrons. The number of amides is 3. The molecule has 0 aliphatic carbocycles. The molecule has 1 aromatic heterocycles. The Morgan fingerprint density at radius 3 is 2.72 bits per heavy atom. The molecule has 2 heterocycles. The van der Waals surface area contributed by atoms with Crippen molar-refractivity contribution in [2.45, 2.75) is 6.92 Å². The first-order valence-corrected chi connectivity index (χ1v) is 11.0. The van der Waals surface area contributed by atoms with Gasteiger partial charge in [0, 0.05) is 22.3 Å². The number of carbonyl (C=O) groups excluding carboxylic acids is 3. The highest BCUT2D eigenvalue weighted by molar-refractivity contribution is 8.18. The van der Waals surface area contributed by atoms with Gasteiger partial charge in [-0.15, -0.1) is 0 Å². The lowest BCUT2D eigenvalue weighted by Gasteiger charge is -2.12. The Labute approximate surface area is 198 Å². The number of nitrogens with zero attached hydrogens (tertiary/aromatic N) is 1. The van der Waals surface area contributed by atoms with Gasteiger partial charge in [0.15, 0.2) is 0 Å². The number of carbonyl (C=O) groups is 3. The Bertz CT molecular complexity index is 1270. The van der Waals surface area contributed by atoms with E-state index < -0.39 is 17.1 Å². The summed E-state index contributed by atoms with van der Waals surface area (Å²) in [5.74, 6) is -0.181. The summed E-state index contributed by atoms with van der Waals surface area (Å²) in [7, 11) is 0. The summed E-state index contributed by atoms with van der Waals surface area (Å²) in [5, 5.41) is 3.14. The van der Waals surface area contributed by atoms with Crippen LogP contribution in [0.2, 0.25) is 10.0 Å². The normalized spacial score (nSPS) is 15.0. The van der Waals surface area contributed by atoms with Gasteiger partial charge in [-0.1, -0.05) is 35.3 Å². The first kappa shape index (κ1) is 22.2. The Morgan fingerprint density at radius 2 is 1.94 bits per heavy atom. The molecule has 9 heteroatoms. The minimum Gasteiger partial charge on any atom is -0.457 e. The van der Waals surface area contributed by atoms with Gasteiger partial charge in [0.2, 0.25) is 5.91 Å². The standard InChI is InChI=1S/C23H16Cl2N2O4S/c1-13-3-2-4-15(9-13)26-21(28)12-27-22(29)20(32-23(27)30)11-16-6-8-19(31-16)17-10-14(24)5-7-18(17)25/h2-11H,12H2,1H3,(H,26,28)/b20-11-. The molecule has 0 radical (unpaired) electrons. The summed E-state index contributed by atoms with van der Waals surface area (Å²) in [6.07, 6.45) is 1.46. The molecule has 2 aromatic carbocycles. The van der Waals surface area contributed by atoms with Crippen molar-refractivity contribution in [3.05, 3.63) is 80.9 Å². The van der Waals surface area contributed by atoms with Crippen molar-refractivity contribution in [1.29, 1.82) is 0 Å². The number of halogens is 2. The van der Waals surface area contributed by atoms with Gasteiger partial charge in [0.05, 0.1) is 9.93 Å². The van der Waals surface area contributed by atoms with Gasteiger partial charge in [-0.25, -0.2) is 0 Å². The largest absolute Gasteiger partial charge is 0.457 e. The Morgan fingerprint density at radius 1 is 1.12 bits per heavy atom. The Hall–Kier alpha value is -3.00. The van der Waals surface area contributed by atoms with Crippen LogP contribution >= 0.6 is 35.0 Å². The molecule has 32 heavy (non-hydrogen) atoms. The van der Waals surface area contributed by atoms with Crippen LogP contribution in [0, 0.1) is 6.92 Å². The summed E-state index contributed by atoms with van der Waals surface area (Å²) >= 11 is 13.0. The average molecular weight is 487 g/mol. The van der Waals surface area contributed by atoms with Crippen molar-refractivity contribution in [3.63, 3.8) is 0 Å². The average Bonchev–Trinajstić information content (AvgIpc) is 3.30. The topological polar surface area (TPSA) is 79.6 Å². The fraction of sp³-hybridized carbons (Fsp3) is 0.0870. The second-order valence-electron chi connectivity index (χ2n) is 7.01. The van der Waals surface area contributed by atoms with Crippen LogP contribution in [0.3, 0.4) is 0 Å². The number of rotatable bonds is 5. The van der Waals surface area contributed by atoms with Gasteiger partial charge < -0.3 is 9.73 Å². The lowest BCUT2D eigenvalue weighted by Crippen LogP contribution is -2.36. The van der Waals surface area contributed by atoms with Gasteiger partial charge in [-0.05, 0) is 66.7 Å². The van der Waals surface area contributed by atoms with E-state index in [4.69, 9.17) is 27.6 Å². The van der Waals surface area contributed by atoms with Crippen LogP contribution in [0.4, 0.5) is 10.5 Å². The Balaban J connectivity index is 1.47. The fourth-order valence-corrected chi connectivity index (χ4v) is 4.30. The molecule has 1 aliphatic rings. The van der Waals surface area contributed by atoms with E-state index in [9.17, 15) is 14.4 Å². The summed E-state index contributed by atoms with van der Waals surface area (Å²) in [4.78, 5) is 38.4. The SMILES string of the molecule is Cc1cccc(NC(=O)CN2C(=O)S/C(=C\c3ccc(-c4cc(Cl)ccc4Cl)o3)C2=O)c1. The molecule has 0 bridgehead atoms. The van der Waals surface area contributed by atoms with Crippen molar-refractivity contribution in [1.82, 2.24) is 4.90 Å². The zero-order chi connectivity index (χ0) is 22.8. The molecule has 1 saturated heterocycles. The van der Waals surface area contributed by atoms with E-state index in [1.807, 2.05) is 19.1 Å². The maximum atomic E-state index is 12.7. The number of imide groups is 1. The second-order valence-corrected chi connectivity index (χ2v) is 8.85. The van der Waals surface area contributed by atoms with Crippen LogP contribution < -0.4 is 5.32 Å². The quantitative estimate of drug-likeness (QED) is 0.431. The van der Waals surface area contributed by atoms with Gasteiger partial charge in [-0.2, -0.15) is 0 Å². The summed E-state index contributed by atoms with van der Waals surface area (Å²) < 4.78 is 5.76. The lowest BCUT2D eigenvalue weighted by molar-refractivity contribution is -0.127. The van der Waals surface area contributed by atoms with E-state index in [-0.39, 0.29) is 11.4 Å². The third kappa shape index (κ3) is 4.91. The monoisotopic (exact) mass is 486 g/mol. The number of aryl methyl sites for hydroxylation is 1. The van der Waals surface area contributed by atoms with Crippen LogP contribution in [0.15, 0.2) is 63.9 Å². The molecule has 3 amide bonds. The van der Waals surface area contributed by atoms with Crippen molar-refractivity contribution >= 4 is 63.8 Å². The van der Waals surface area contributed by atoms with Crippen molar-refractivity contribution in [3.8, 4) is 11.3 Å². The minimum absolute atomic E-state index is 0.163. The first-order chi connectivity index (χ1) is 15.3. The molecule has 1 aliphatic heterocycles. The molecule has 0 saturated carbocycles. The molecule has 4 rings (SSSR count). The van der Waals surface area contributed by atoms with E-state index in [2.05, 4.69) is 5.32 Å². The highest BCUT2D eigenvalue weighted by atomic mass is 35.5. The van der Waals surface area contributed by atoms with Crippen LogP contribution in [0.1, 0.15) is 11.3 Å². The van der Waals surface area contributed by atoms with E-state index in [1.54, 1.807) is 42.5 Å². The minimum atomic E-state index is -0.557. The number of thioether (sulfide) groups is 1. The third-order valence-corrected chi connectivity index (χ3v) is 6.04. The third-order valence-electron chi connectivity index (χ3n) is 4.57. The van der Waals surface area contributed by atoms with Gasteiger partial charge in [0.1, 0.15) is 18.1 Å². The number of hydrogen-bond acceptors (Lipinski definition) is 5. The molecule has 0 atom stereocenters. The molecule has 3 aromatic rings.